The maximum Gasteiger partial charge on any atom is 0.325 e. The molecule has 2 N–H and O–H groups in total. The molecule has 0 rings (SSSR count). The van der Waals surface area contributed by atoms with Gasteiger partial charge in [-0.15, -0.1) is 0 Å². The van der Waals surface area contributed by atoms with Crippen molar-refractivity contribution in [1.29, 1.82) is 0 Å². The van der Waals surface area contributed by atoms with Crippen molar-refractivity contribution in [2.45, 2.75) is 33.2 Å². The van der Waals surface area contributed by atoms with Gasteiger partial charge in [0.15, 0.2) is 0 Å². The fourth-order valence-corrected chi connectivity index (χ4v) is 0.857. The van der Waals surface area contributed by atoms with Gasteiger partial charge in [-0.3, -0.25) is 9.59 Å². The molecule has 15 heavy (non-hydrogen) atoms. The van der Waals surface area contributed by atoms with Crippen LogP contribution in [-0.2, 0) is 14.3 Å². The molecule has 5 nitrogen and oxygen atoms in total. The van der Waals surface area contributed by atoms with Crippen LogP contribution in [0.4, 0.5) is 0 Å². The zero-order valence-corrected chi connectivity index (χ0v) is 9.63. The van der Waals surface area contributed by atoms with Crippen molar-refractivity contribution >= 4 is 11.9 Å². The smallest absolute Gasteiger partial charge is 0.325 e. The van der Waals surface area contributed by atoms with Crippen molar-refractivity contribution < 1.29 is 14.3 Å². The van der Waals surface area contributed by atoms with E-state index in [-0.39, 0.29) is 19.0 Å². The molecule has 0 aromatic carbocycles. The molecule has 0 aromatic rings. The Balaban J connectivity index is 3.53. The Bertz CT molecular complexity index is 207. The summed E-state index contributed by atoms with van der Waals surface area (Å²) in [4.78, 5) is 22.1. The lowest BCUT2D eigenvalue weighted by molar-refractivity contribution is -0.143. The van der Waals surface area contributed by atoms with E-state index < -0.39 is 5.97 Å². The molecule has 88 valence electrons. The molecule has 5 heteroatoms. The molecule has 0 aliphatic heterocycles. The highest BCUT2D eigenvalue weighted by Gasteiger charge is 2.06. The van der Waals surface area contributed by atoms with Crippen LogP contribution in [0, 0.1) is 0 Å². The number of carbonyl (C=O) groups excluding carboxylic acids is 2. The van der Waals surface area contributed by atoms with Crippen LogP contribution in [0.3, 0.4) is 0 Å². The van der Waals surface area contributed by atoms with Gasteiger partial charge in [-0.1, -0.05) is 6.92 Å². The van der Waals surface area contributed by atoms with Crippen molar-refractivity contribution in [2.24, 2.45) is 0 Å². The average molecular weight is 216 g/mol. The summed E-state index contributed by atoms with van der Waals surface area (Å²) in [5, 5.41) is 5.49. The Labute approximate surface area is 90.6 Å². The van der Waals surface area contributed by atoms with Crippen LogP contribution in [0.15, 0.2) is 0 Å². The molecule has 0 aliphatic carbocycles. The number of amides is 1. The Morgan fingerprint density at radius 3 is 2.47 bits per heavy atom. The summed E-state index contributed by atoms with van der Waals surface area (Å²) in [6.07, 6.45) is 0.963. The SMILES string of the molecule is CCOC(=O)CNC(=O)CNC(C)CC. The number of esters is 1. The van der Waals surface area contributed by atoms with Gasteiger partial charge in [0.25, 0.3) is 0 Å². The molecular formula is C10H20N2O3. The van der Waals surface area contributed by atoms with Gasteiger partial charge in [-0.2, -0.15) is 0 Å². The first-order valence-corrected chi connectivity index (χ1v) is 5.25. The van der Waals surface area contributed by atoms with Crippen LogP contribution in [-0.4, -0.2) is 37.6 Å². The van der Waals surface area contributed by atoms with E-state index in [1.807, 2.05) is 13.8 Å². The molecule has 1 unspecified atom stereocenters. The first kappa shape index (κ1) is 13.9. The van der Waals surface area contributed by atoms with Gasteiger partial charge in [0.1, 0.15) is 6.54 Å². The van der Waals surface area contributed by atoms with Crippen LogP contribution in [0.2, 0.25) is 0 Å². The second-order valence-electron chi connectivity index (χ2n) is 3.27. The summed E-state index contributed by atoms with van der Waals surface area (Å²) in [5.74, 6) is -0.599. The third-order valence-corrected chi connectivity index (χ3v) is 1.96. The predicted octanol–water partition coefficient (Wildman–Crippen LogP) is 0.0538. The maximum atomic E-state index is 11.2. The van der Waals surface area contributed by atoms with Gasteiger partial charge in [0.2, 0.25) is 5.91 Å². The Kier molecular flexibility index (Phi) is 7.62. The lowest BCUT2D eigenvalue weighted by Gasteiger charge is -2.10. The van der Waals surface area contributed by atoms with Crippen molar-refractivity contribution in [3.05, 3.63) is 0 Å². The third kappa shape index (κ3) is 7.93. The minimum atomic E-state index is -0.408. The van der Waals surface area contributed by atoms with E-state index >= 15 is 0 Å². The molecule has 0 aliphatic rings. The van der Waals surface area contributed by atoms with Crippen molar-refractivity contribution in [1.82, 2.24) is 10.6 Å². The molecule has 1 amide bonds. The molecule has 0 heterocycles. The lowest BCUT2D eigenvalue weighted by Crippen LogP contribution is -2.40. The van der Waals surface area contributed by atoms with E-state index in [1.54, 1.807) is 6.92 Å². The van der Waals surface area contributed by atoms with E-state index in [9.17, 15) is 9.59 Å². The van der Waals surface area contributed by atoms with Crippen LogP contribution >= 0.6 is 0 Å². The topological polar surface area (TPSA) is 67.4 Å². The minimum Gasteiger partial charge on any atom is -0.465 e. The Morgan fingerprint density at radius 2 is 1.93 bits per heavy atom. The molecule has 0 radical (unpaired) electrons. The molecule has 0 saturated carbocycles. The second-order valence-corrected chi connectivity index (χ2v) is 3.27. The first-order valence-electron chi connectivity index (χ1n) is 5.25. The average Bonchev–Trinajstić information content (AvgIpc) is 2.23. The molecule has 0 bridgehead atoms. The van der Waals surface area contributed by atoms with Crippen molar-refractivity contribution in [2.75, 3.05) is 19.7 Å². The van der Waals surface area contributed by atoms with Gasteiger partial charge in [-0.25, -0.2) is 0 Å². The van der Waals surface area contributed by atoms with E-state index in [0.717, 1.165) is 6.42 Å². The number of rotatable bonds is 7. The molecule has 1 atom stereocenters. The monoisotopic (exact) mass is 216 g/mol. The van der Waals surface area contributed by atoms with E-state index in [1.165, 1.54) is 0 Å². The predicted molar refractivity (Wildman–Crippen MR) is 57.4 cm³/mol. The highest BCUT2D eigenvalue weighted by atomic mass is 16.5. The highest BCUT2D eigenvalue weighted by Crippen LogP contribution is 1.85. The van der Waals surface area contributed by atoms with E-state index in [0.29, 0.717) is 12.6 Å². The molecular weight excluding hydrogens is 196 g/mol. The summed E-state index contributed by atoms with van der Waals surface area (Å²) < 4.78 is 4.66. The lowest BCUT2D eigenvalue weighted by atomic mass is 10.2. The normalized spacial score (nSPS) is 11.9. The zero-order valence-electron chi connectivity index (χ0n) is 9.63. The second kappa shape index (κ2) is 8.23. The Morgan fingerprint density at radius 1 is 1.27 bits per heavy atom. The summed E-state index contributed by atoms with van der Waals surface area (Å²) in [6, 6.07) is 0.304. The summed E-state index contributed by atoms with van der Waals surface area (Å²) in [5.41, 5.74) is 0. The third-order valence-electron chi connectivity index (χ3n) is 1.96. The zero-order chi connectivity index (χ0) is 11.7. The van der Waals surface area contributed by atoms with Crippen LogP contribution in [0.1, 0.15) is 27.2 Å². The molecule has 0 aromatic heterocycles. The highest BCUT2D eigenvalue weighted by molar-refractivity contribution is 5.83. The molecule has 0 saturated heterocycles. The van der Waals surface area contributed by atoms with Crippen molar-refractivity contribution in [3.63, 3.8) is 0 Å². The standard InChI is InChI=1S/C10H20N2O3/c1-4-8(3)11-6-9(13)12-7-10(14)15-5-2/h8,11H,4-7H2,1-3H3,(H,12,13). The summed E-state index contributed by atoms with van der Waals surface area (Å²) in [6.45, 7) is 6.26. The van der Waals surface area contributed by atoms with E-state index in [4.69, 9.17) is 0 Å². The number of nitrogens with one attached hydrogen (secondary N) is 2. The van der Waals surface area contributed by atoms with Gasteiger partial charge < -0.3 is 15.4 Å². The van der Waals surface area contributed by atoms with Gasteiger partial charge in [0.05, 0.1) is 13.2 Å². The number of ether oxygens (including phenoxy) is 1. The fourth-order valence-electron chi connectivity index (χ4n) is 0.857. The van der Waals surface area contributed by atoms with Crippen LogP contribution in [0.5, 0.6) is 0 Å². The molecule has 0 spiro atoms. The number of hydrogen-bond acceptors (Lipinski definition) is 4. The van der Waals surface area contributed by atoms with Gasteiger partial charge in [-0.05, 0) is 20.3 Å². The van der Waals surface area contributed by atoms with Gasteiger partial charge in [0, 0.05) is 6.04 Å². The summed E-state index contributed by atoms with van der Waals surface area (Å²) in [7, 11) is 0. The van der Waals surface area contributed by atoms with Crippen LogP contribution < -0.4 is 10.6 Å². The summed E-state index contributed by atoms with van der Waals surface area (Å²) >= 11 is 0. The molecule has 0 fully saturated rings. The maximum absolute atomic E-state index is 11.2. The fraction of sp³-hybridized carbons (Fsp3) is 0.800. The van der Waals surface area contributed by atoms with E-state index in [2.05, 4.69) is 15.4 Å². The van der Waals surface area contributed by atoms with Gasteiger partial charge >= 0.3 is 5.97 Å². The van der Waals surface area contributed by atoms with Crippen LogP contribution in [0.25, 0.3) is 0 Å². The quantitative estimate of drug-likeness (QED) is 0.590. The number of hydrogen-bond donors (Lipinski definition) is 2. The van der Waals surface area contributed by atoms with Crippen molar-refractivity contribution in [3.8, 4) is 0 Å². The Hall–Kier alpha value is -1.10. The first-order chi connectivity index (χ1) is 7.10. The minimum absolute atomic E-state index is 0.0607. The largest absolute Gasteiger partial charge is 0.465 e. The number of carbonyl (C=O) groups is 2.